The van der Waals surface area contributed by atoms with E-state index in [1.807, 2.05) is 0 Å². The average molecular weight is 578 g/mol. The van der Waals surface area contributed by atoms with Gasteiger partial charge >= 0.3 is 10.1 Å². The maximum atomic E-state index is 13.9. The van der Waals surface area contributed by atoms with Crippen molar-refractivity contribution in [2.24, 2.45) is 0 Å². The summed E-state index contributed by atoms with van der Waals surface area (Å²) in [5.41, 5.74) is 0.366. The molecule has 0 bridgehead atoms. The average Bonchev–Trinajstić information content (AvgIpc) is 2.84. The van der Waals surface area contributed by atoms with Crippen LogP contribution in [0.4, 0.5) is 22.0 Å². The van der Waals surface area contributed by atoms with Crippen LogP contribution in [0, 0.1) is 29.1 Å². The number of pyridine rings is 1. The molecule has 1 aromatic heterocycles. The smallest absolute Gasteiger partial charge is 0.339 e. The topological polar surface area (TPSA) is 74.6 Å². The normalized spacial score (nSPS) is 14.3. The molecular formula is C22H13BrF5NO5S. The number of rotatable bonds is 5. The first kappa shape index (κ1) is 24.9. The summed E-state index contributed by atoms with van der Waals surface area (Å²) < 4.78 is 105. The third-order valence-corrected chi connectivity index (χ3v) is 7.02. The molecule has 0 aliphatic heterocycles. The van der Waals surface area contributed by atoms with Crippen molar-refractivity contribution in [1.82, 2.24) is 4.57 Å². The lowest BCUT2D eigenvalue weighted by atomic mass is 10.1. The molecule has 0 spiro atoms. The van der Waals surface area contributed by atoms with Crippen molar-refractivity contribution in [3.8, 4) is 5.75 Å². The molecule has 0 saturated heterocycles. The van der Waals surface area contributed by atoms with Gasteiger partial charge < -0.3 is 8.92 Å². The Morgan fingerprint density at radius 2 is 1.54 bits per heavy atom. The monoisotopic (exact) mass is 577 g/mol. The molecule has 0 atom stereocenters. The molecule has 1 heterocycles. The lowest BCUT2D eigenvalue weighted by Crippen LogP contribution is -2.21. The third-order valence-electron chi connectivity index (χ3n) is 5.18. The molecule has 0 fully saturated rings. The van der Waals surface area contributed by atoms with E-state index in [0.717, 1.165) is 16.6 Å². The number of ether oxygens (including phenoxy) is 1. The van der Waals surface area contributed by atoms with Crippen molar-refractivity contribution >= 4 is 42.6 Å². The summed E-state index contributed by atoms with van der Waals surface area (Å²) in [5, 5.41) is 0.211. The van der Waals surface area contributed by atoms with Crippen LogP contribution in [0.15, 0.2) is 56.3 Å². The molecule has 0 radical (unpaired) electrons. The standard InChI is InChI=1S/C22H13BrF5NO5S/c1-33-15-9-11(23)3-5-14(15)29-13-6-4-12(8-10(13)2-7-16(29)30)35(31,32)34-22-20(27)18(25)17(24)19(26)21(22)28/h2,4,6-9H,3,5H2,1H3. The van der Waals surface area contributed by atoms with Gasteiger partial charge in [0, 0.05) is 11.5 Å². The summed E-state index contributed by atoms with van der Waals surface area (Å²) in [5.74, 6) is -13.6. The summed E-state index contributed by atoms with van der Waals surface area (Å²) in [7, 11) is -3.62. The van der Waals surface area contributed by atoms with Crippen molar-refractivity contribution < 1.29 is 39.3 Å². The molecule has 0 N–H and O–H groups in total. The molecule has 13 heteroatoms. The number of hydrogen-bond donors (Lipinski definition) is 0. The van der Waals surface area contributed by atoms with Crippen LogP contribution in [0.3, 0.4) is 0 Å². The van der Waals surface area contributed by atoms with Crippen molar-refractivity contribution in [3.63, 3.8) is 0 Å². The maximum Gasteiger partial charge on any atom is 0.339 e. The highest BCUT2D eigenvalue weighted by molar-refractivity contribution is 9.11. The molecule has 1 aliphatic carbocycles. The zero-order chi connectivity index (χ0) is 25.7. The van der Waals surface area contributed by atoms with Gasteiger partial charge in [-0.2, -0.15) is 17.2 Å². The van der Waals surface area contributed by atoms with E-state index in [4.69, 9.17) is 4.74 Å². The Labute approximate surface area is 203 Å². The molecular weight excluding hydrogens is 565 g/mol. The predicted molar refractivity (Wildman–Crippen MR) is 119 cm³/mol. The van der Waals surface area contributed by atoms with E-state index >= 15 is 0 Å². The zero-order valence-corrected chi connectivity index (χ0v) is 19.9. The van der Waals surface area contributed by atoms with Gasteiger partial charge in [0.1, 0.15) is 10.7 Å². The molecule has 0 saturated carbocycles. The van der Waals surface area contributed by atoms with Crippen LogP contribution < -0.4 is 9.74 Å². The van der Waals surface area contributed by atoms with Crippen LogP contribution in [0.1, 0.15) is 12.8 Å². The van der Waals surface area contributed by atoms with E-state index in [-0.39, 0.29) is 10.9 Å². The predicted octanol–water partition coefficient (Wildman–Crippen LogP) is 5.35. The minimum absolute atomic E-state index is 0.211. The Morgan fingerprint density at radius 3 is 2.17 bits per heavy atom. The van der Waals surface area contributed by atoms with Gasteiger partial charge in [0.15, 0.2) is 0 Å². The van der Waals surface area contributed by atoms with Crippen molar-refractivity contribution in [2.45, 2.75) is 17.7 Å². The Bertz CT molecular complexity index is 1590. The van der Waals surface area contributed by atoms with Gasteiger partial charge in [-0.05, 0) is 47.7 Å². The Balaban J connectivity index is 1.84. The Kier molecular flexibility index (Phi) is 6.49. The van der Waals surface area contributed by atoms with Crippen LogP contribution in [-0.4, -0.2) is 20.1 Å². The highest BCUT2D eigenvalue weighted by Crippen LogP contribution is 2.34. The molecule has 6 nitrogen and oxygen atoms in total. The number of aromatic nitrogens is 1. The van der Waals surface area contributed by atoms with Crippen LogP contribution in [0.25, 0.3) is 16.6 Å². The molecule has 35 heavy (non-hydrogen) atoms. The van der Waals surface area contributed by atoms with Crippen LogP contribution >= 0.6 is 15.9 Å². The van der Waals surface area contributed by atoms with Gasteiger partial charge in [-0.3, -0.25) is 9.36 Å². The second-order valence-corrected chi connectivity index (χ2v) is 9.84. The SMILES string of the molecule is COC1=C(n2c(=O)ccc3cc(S(=O)(=O)Oc4c(F)c(F)c(F)c(F)c4F)ccc32)CCC(Br)=C1. The second kappa shape index (κ2) is 9.11. The summed E-state index contributed by atoms with van der Waals surface area (Å²) in [6.07, 6.45) is 2.69. The minimum Gasteiger partial charge on any atom is -0.495 e. The number of halogens is 6. The van der Waals surface area contributed by atoms with Gasteiger partial charge in [-0.1, -0.05) is 15.9 Å². The van der Waals surface area contributed by atoms with Crippen molar-refractivity contribution in [2.75, 3.05) is 7.11 Å². The largest absolute Gasteiger partial charge is 0.495 e. The first-order valence-electron chi connectivity index (χ1n) is 9.71. The molecule has 0 amide bonds. The second-order valence-electron chi connectivity index (χ2n) is 7.27. The fourth-order valence-corrected chi connectivity index (χ4v) is 4.91. The highest BCUT2D eigenvalue weighted by atomic mass is 79.9. The van der Waals surface area contributed by atoms with Gasteiger partial charge in [0.05, 0.1) is 18.3 Å². The van der Waals surface area contributed by atoms with Crippen molar-refractivity contribution in [3.05, 3.63) is 86.1 Å². The third kappa shape index (κ3) is 4.33. The maximum absolute atomic E-state index is 13.9. The molecule has 4 rings (SSSR count). The zero-order valence-electron chi connectivity index (χ0n) is 17.5. The van der Waals surface area contributed by atoms with E-state index in [0.29, 0.717) is 24.3 Å². The fraction of sp³-hybridized carbons (Fsp3) is 0.136. The van der Waals surface area contributed by atoms with Crippen LogP contribution in [0.5, 0.6) is 5.75 Å². The summed E-state index contributed by atoms with van der Waals surface area (Å²) in [4.78, 5) is 12.0. The summed E-state index contributed by atoms with van der Waals surface area (Å²) >= 11 is 3.38. The Morgan fingerprint density at radius 1 is 0.914 bits per heavy atom. The van der Waals surface area contributed by atoms with Crippen LogP contribution in [-0.2, 0) is 14.9 Å². The van der Waals surface area contributed by atoms with E-state index in [2.05, 4.69) is 20.1 Å². The van der Waals surface area contributed by atoms with E-state index < -0.39 is 55.4 Å². The van der Waals surface area contributed by atoms with Gasteiger partial charge in [0.2, 0.25) is 34.8 Å². The molecule has 0 unspecified atom stereocenters. The van der Waals surface area contributed by atoms with Crippen LogP contribution in [0.2, 0.25) is 0 Å². The van der Waals surface area contributed by atoms with E-state index in [9.17, 15) is 35.2 Å². The number of benzene rings is 2. The first-order chi connectivity index (χ1) is 16.5. The lowest BCUT2D eigenvalue weighted by Gasteiger charge is -2.20. The van der Waals surface area contributed by atoms with Gasteiger partial charge in [-0.25, -0.2) is 13.2 Å². The summed E-state index contributed by atoms with van der Waals surface area (Å²) in [6, 6.07) is 5.75. The number of fused-ring (bicyclic) bond motifs is 1. The van der Waals surface area contributed by atoms with Gasteiger partial charge in [0.25, 0.3) is 5.56 Å². The number of nitrogens with zero attached hydrogens (tertiary/aromatic N) is 1. The fourth-order valence-electron chi connectivity index (χ4n) is 3.53. The van der Waals surface area contributed by atoms with Gasteiger partial charge in [-0.15, -0.1) is 0 Å². The minimum atomic E-state index is -5.04. The highest BCUT2D eigenvalue weighted by Gasteiger charge is 2.31. The van der Waals surface area contributed by atoms with Crippen molar-refractivity contribution in [1.29, 1.82) is 0 Å². The summed E-state index contributed by atoms with van der Waals surface area (Å²) in [6.45, 7) is 0. The number of hydrogen-bond acceptors (Lipinski definition) is 5. The molecule has 184 valence electrons. The quantitative estimate of drug-likeness (QED) is 0.177. The lowest BCUT2D eigenvalue weighted by molar-refractivity contribution is 0.304. The molecule has 1 aliphatic rings. The number of methoxy groups -OCH3 is 1. The Hall–Kier alpha value is -3.19. The first-order valence-corrected chi connectivity index (χ1v) is 11.9. The molecule has 3 aromatic rings. The van der Waals surface area contributed by atoms with E-state index in [1.165, 1.54) is 29.9 Å². The number of allylic oxidation sites excluding steroid dienone is 3. The van der Waals surface area contributed by atoms with E-state index in [1.54, 1.807) is 6.08 Å². The molecule has 2 aromatic carbocycles.